The monoisotopic (exact) mass is 373 g/mol. The molecule has 0 aliphatic heterocycles. The van der Waals surface area contributed by atoms with Crippen LogP contribution in [0.15, 0.2) is 71.5 Å². The van der Waals surface area contributed by atoms with Crippen molar-refractivity contribution in [3.8, 4) is 17.2 Å². The summed E-state index contributed by atoms with van der Waals surface area (Å²) in [6.07, 6.45) is 3.48. The summed E-state index contributed by atoms with van der Waals surface area (Å²) in [6, 6.07) is 17.4. The third kappa shape index (κ3) is 4.32. The maximum atomic E-state index is 5.77. The Balaban J connectivity index is 1.38. The molecule has 0 atom stereocenters. The summed E-state index contributed by atoms with van der Waals surface area (Å²) in [5, 5.41) is 7.17. The van der Waals surface area contributed by atoms with Crippen molar-refractivity contribution in [2.75, 3.05) is 5.32 Å². The summed E-state index contributed by atoms with van der Waals surface area (Å²) < 4.78 is 11.0. The minimum Gasteiger partial charge on any atom is -0.487 e. The van der Waals surface area contributed by atoms with Crippen molar-refractivity contribution in [3.05, 3.63) is 84.1 Å². The van der Waals surface area contributed by atoms with E-state index in [1.165, 1.54) is 0 Å². The van der Waals surface area contributed by atoms with Gasteiger partial charge < -0.3 is 14.6 Å². The van der Waals surface area contributed by atoms with E-state index in [2.05, 4.69) is 25.4 Å². The number of pyridine rings is 2. The highest BCUT2D eigenvalue weighted by Gasteiger charge is 2.12. The molecule has 3 heterocycles. The van der Waals surface area contributed by atoms with E-state index >= 15 is 0 Å². The summed E-state index contributed by atoms with van der Waals surface area (Å²) >= 11 is 0. The lowest BCUT2D eigenvalue weighted by molar-refractivity contribution is 0.301. The number of nitrogens with zero attached hydrogens (tertiary/aromatic N) is 4. The first-order valence-electron chi connectivity index (χ1n) is 8.89. The molecule has 3 aromatic heterocycles. The molecule has 7 heteroatoms. The van der Waals surface area contributed by atoms with Gasteiger partial charge >= 0.3 is 0 Å². The Morgan fingerprint density at radius 3 is 2.57 bits per heavy atom. The van der Waals surface area contributed by atoms with Gasteiger partial charge in [-0.2, -0.15) is 4.98 Å². The van der Waals surface area contributed by atoms with E-state index in [-0.39, 0.29) is 0 Å². The molecule has 7 nitrogen and oxygen atoms in total. The molecule has 1 N–H and O–H groups in total. The third-order valence-electron chi connectivity index (χ3n) is 4.06. The number of aryl methyl sites for hydroxylation is 1. The van der Waals surface area contributed by atoms with E-state index in [9.17, 15) is 0 Å². The Bertz CT molecular complexity index is 1030. The van der Waals surface area contributed by atoms with Gasteiger partial charge in [0.05, 0.1) is 11.3 Å². The van der Waals surface area contributed by atoms with Gasteiger partial charge in [0.2, 0.25) is 0 Å². The molecule has 0 radical (unpaired) electrons. The number of rotatable bonds is 7. The molecule has 0 saturated heterocycles. The van der Waals surface area contributed by atoms with Crippen LogP contribution in [0.4, 0.5) is 5.82 Å². The average Bonchev–Trinajstić information content (AvgIpc) is 3.18. The predicted molar refractivity (Wildman–Crippen MR) is 105 cm³/mol. The van der Waals surface area contributed by atoms with Crippen molar-refractivity contribution in [2.24, 2.45) is 0 Å². The van der Waals surface area contributed by atoms with Gasteiger partial charge in [0.1, 0.15) is 18.2 Å². The molecule has 0 unspecified atom stereocenters. The Kier molecular flexibility index (Phi) is 5.24. The number of aromatic nitrogens is 4. The molecular weight excluding hydrogens is 354 g/mol. The van der Waals surface area contributed by atoms with Crippen LogP contribution in [0, 0.1) is 6.92 Å². The average molecular weight is 373 g/mol. The number of ether oxygens (including phenoxy) is 1. The zero-order chi connectivity index (χ0) is 19.2. The lowest BCUT2D eigenvalue weighted by Crippen LogP contribution is -2.03. The van der Waals surface area contributed by atoms with Crippen LogP contribution in [0.1, 0.15) is 17.1 Å². The lowest BCUT2D eigenvalue weighted by atomic mass is 10.2. The van der Waals surface area contributed by atoms with Gasteiger partial charge in [0.25, 0.3) is 5.89 Å². The maximum absolute atomic E-state index is 5.77. The summed E-state index contributed by atoms with van der Waals surface area (Å²) in [5.74, 6) is 2.54. The molecular formula is C21H19N5O2. The van der Waals surface area contributed by atoms with Crippen molar-refractivity contribution in [3.63, 3.8) is 0 Å². The first kappa shape index (κ1) is 17.7. The van der Waals surface area contributed by atoms with Gasteiger partial charge in [-0.1, -0.05) is 23.4 Å². The highest BCUT2D eigenvalue weighted by atomic mass is 16.5. The fourth-order valence-corrected chi connectivity index (χ4v) is 2.66. The molecule has 0 aliphatic rings. The van der Waals surface area contributed by atoms with Crippen LogP contribution in [0.25, 0.3) is 11.5 Å². The summed E-state index contributed by atoms with van der Waals surface area (Å²) in [4.78, 5) is 12.9. The zero-order valence-corrected chi connectivity index (χ0v) is 15.4. The van der Waals surface area contributed by atoms with Gasteiger partial charge in [-0.3, -0.25) is 4.98 Å². The molecule has 28 heavy (non-hydrogen) atoms. The standard InChI is InChI=1S/C21H19N5O2/c1-15-25-21(28-26-15)19-6-4-12-23-20(19)24-13-16-7-9-18(10-8-16)27-14-17-5-2-3-11-22-17/h2-12H,13-14H2,1H3,(H,23,24). The zero-order valence-electron chi connectivity index (χ0n) is 15.4. The van der Waals surface area contributed by atoms with E-state index in [1.807, 2.05) is 54.6 Å². The molecule has 0 saturated carbocycles. The number of hydrogen-bond acceptors (Lipinski definition) is 7. The van der Waals surface area contributed by atoms with Crippen molar-refractivity contribution in [1.29, 1.82) is 0 Å². The van der Waals surface area contributed by atoms with Crippen molar-refractivity contribution in [1.82, 2.24) is 20.1 Å². The van der Waals surface area contributed by atoms with Gasteiger partial charge in [-0.15, -0.1) is 0 Å². The van der Waals surface area contributed by atoms with Crippen molar-refractivity contribution in [2.45, 2.75) is 20.1 Å². The van der Waals surface area contributed by atoms with E-state index in [4.69, 9.17) is 9.26 Å². The topological polar surface area (TPSA) is 86.0 Å². The fourth-order valence-electron chi connectivity index (χ4n) is 2.66. The quantitative estimate of drug-likeness (QED) is 0.523. The smallest absolute Gasteiger partial charge is 0.261 e. The Labute approximate surface area is 162 Å². The SMILES string of the molecule is Cc1noc(-c2cccnc2NCc2ccc(OCc3ccccn3)cc2)n1. The second kappa shape index (κ2) is 8.30. The second-order valence-corrected chi connectivity index (χ2v) is 6.15. The van der Waals surface area contributed by atoms with E-state index < -0.39 is 0 Å². The van der Waals surface area contributed by atoms with Gasteiger partial charge in [-0.25, -0.2) is 4.98 Å². The molecule has 4 rings (SSSR count). The van der Waals surface area contributed by atoms with Crippen LogP contribution in [-0.4, -0.2) is 20.1 Å². The number of benzene rings is 1. The fraction of sp³-hybridized carbons (Fsp3) is 0.143. The van der Waals surface area contributed by atoms with Gasteiger partial charge in [0, 0.05) is 18.9 Å². The molecule has 0 bridgehead atoms. The van der Waals surface area contributed by atoms with Crippen molar-refractivity contribution < 1.29 is 9.26 Å². The Morgan fingerprint density at radius 1 is 0.964 bits per heavy atom. The Morgan fingerprint density at radius 2 is 1.82 bits per heavy atom. The highest BCUT2D eigenvalue weighted by Crippen LogP contribution is 2.25. The summed E-state index contributed by atoms with van der Waals surface area (Å²) in [6.45, 7) is 2.84. The minimum absolute atomic E-state index is 0.444. The number of hydrogen-bond donors (Lipinski definition) is 1. The minimum atomic E-state index is 0.444. The van der Waals surface area contributed by atoms with Crippen LogP contribution in [0.5, 0.6) is 5.75 Å². The molecule has 0 amide bonds. The predicted octanol–water partition coefficient (Wildman–Crippen LogP) is 4.03. The molecule has 140 valence electrons. The van der Waals surface area contributed by atoms with Crippen molar-refractivity contribution >= 4 is 5.82 Å². The largest absolute Gasteiger partial charge is 0.487 e. The molecule has 1 aromatic carbocycles. The van der Waals surface area contributed by atoms with Gasteiger partial charge in [0.15, 0.2) is 5.82 Å². The van der Waals surface area contributed by atoms with Crippen LogP contribution in [0.2, 0.25) is 0 Å². The lowest BCUT2D eigenvalue weighted by Gasteiger charge is -2.10. The number of anilines is 1. The third-order valence-corrected chi connectivity index (χ3v) is 4.06. The summed E-state index contributed by atoms with van der Waals surface area (Å²) in [7, 11) is 0. The first-order valence-corrected chi connectivity index (χ1v) is 8.89. The molecule has 0 fully saturated rings. The molecule has 0 aliphatic carbocycles. The van der Waals surface area contributed by atoms with Crippen LogP contribution >= 0.6 is 0 Å². The van der Waals surface area contributed by atoms with Crippen LogP contribution < -0.4 is 10.1 Å². The molecule has 4 aromatic rings. The van der Waals surface area contributed by atoms with E-state index in [0.29, 0.717) is 30.7 Å². The molecule has 0 spiro atoms. The van der Waals surface area contributed by atoms with E-state index in [1.54, 1.807) is 19.3 Å². The normalized spacial score (nSPS) is 10.6. The van der Waals surface area contributed by atoms with Crippen LogP contribution in [-0.2, 0) is 13.2 Å². The summed E-state index contributed by atoms with van der Waals surface area (Å²) in [5.41, 5.74) is 2.77. The highest BCUT2D eigenvalue weighted by molar-refractivity contribution is 5.68. The first-order chi connectivity index (χ1) is 13.8. The number of nitrogens with one attached hydrogen (secondary N) is 1. The van der Waals surface area contributed by atoms with Gasteiger partial charge in [-0.05, 0) is 48.9 Å². The Hall–Kier alpha value is -3.74. The van der Waals surface area contributed by atoms with Crippen LogP contribution in [0.3, 0.4) is 0 Å². The second-order valence-electron chi connectivity index (χ2n) is 6.15. The van der Waals surface area contributed by atoms with E-state index in [0.717, 1.165) is 22.6 Å². The maximum Gasteiger partial charge on any atom is 0.261 e.